The monoisotopic (exact) mass is 540 g/mol. The number of aromatic nitrogens is 1. The number of nitro benzene ring substituents is 1. The molecule has 10 heteroatoms. The summed E-state index contributed by atoms with van der Waals surface area (Å²) in [6.07, 6.45) is 1.61. The second kappa shape index (κ2) is 10.9. The van der Waals surface area contributed by atoms with E-state index in [4.69, 9.17) is 4.74 Å². The van der Waals surface area contributed by atoms with E-state index >= 15 is 0 Å². The maximum absolute atomic E-state index is 13.8. The standard InChI is InChI=1S/C29H24N4O5S/c1-3-38-23-14-12-20(13-15-23)26-25(27(34)31-21-9-5-4-6-10-21)18(2)30-29-32(26)28(35)24(39-29)17-19-8-7-11-22(16-19)33(36)37/h4-17,26H,3H2,1-2H3,(H,31,34)/b24-17-/t26-/m0/s1. The van der Waals surface area contributed by atoms with Gasteiger partial charge in [-0.25, -0.2) is 4.99 Å². The van der Waals surface area contributed by atoms with Crippen molar-refractivity contribution in [3.05, 3.63) is 131 Å². The molecular formula is C29H24N4O5S. The molecule has 1 atom stereocenters. The molecule has 1 N–H and O–H groups in total. The Kier molecular flexibility index (Phi) is 7.20. The molecule has 1 aromatic heterocycles. The van der Waals surface area contributed by atoms with E-state index in [1.54, 1.807) is 49.4 Å². The van der Waals surface area contributed by atoms with Crippen molar-refractivity contribution >= 4 is 34.7 Å². The van der Waals surface area contributed by atoms with E-state index in [1.165, 1.54) is 28.0 Å². The molecule has 3 aromatic carbocycles. The molecular weight excluding hydrogens is 516 g/mol. The number of thiazole rings is 1. The molecule has 1 amide bonds. The van der Waals surface area contributed by atoms with Crippen LogP contribution in [0, 0.1) is 10.1 Å². The highest BCUT2D eigenvalue weighted by molar-refractivity contribution is 7.07. The van der Waals surface area contributed by atoms with Gasteiger partial charge in [0.1, 0.15) is 5.75 Å². The summed E-state index contributed by atoms with van der Waals surface area (Å²) < 4.78 is 7.44. The molecule has 0 unspecified atom stereocenters. The number of para-hydroxylation sites is 1. The number of carbonyl (C=O) groups excluding carboxylic acids is 1. The Labute approximate surface area is 227 Å². The lowest BCUT2D eigenvalue weighted by Gasteiger charge is -2.25. The van der Waals surface area contributed by atoms with Crippen LogP contribution in [-0.2, 0) is 4.79 Å². The maximum Gasteiger partial charge on any atom is 0.271 e. The summed E-state index contributed by atoms with van der Waals surface area (Å²) in [7, 11) is 0. The minimum atomic E-state index is -0.743. The van der Waals surface area contributed by atoms with Crippen LogP contribution in [0.2, 0.25) is 0 Å². The number of non-ortho nitro benzene ring substituents is 1. The van der Waals surface area contributed by atoms with Gasteiger partial charge in [-0.05, 0) is 55.3 Å². The van der Waals surface area contributed by atoms with Crippen molar-refractivity contribution in [1.82, 2.24) is 4.57 Å². The summed E-state index contributed by atoms with van der Waals surface area (Å²) >= 11 is 1.17. The van der Waals surface area contributed by atoms with Crippen LogP contribution < -0.4 is 24.9 Å². The molecule has 0 saturated carbocycles. The fraction of sp³-hybridized carbons (Fsp3) is 0.138. The number of nitro groups is 1. The van der Waals surface area contributed by atoms with Crippen LogP contribution in [0.1, 0.15) is 31.0 Å². The molecule has 1 aliphatic heterocycles. The molecule has 0 radical (unpaired) electrons. The normalized spacial score (nSPS) is 14.9. The Morgan fingerprint density at radius 2 is 1.87 bits per heavy atom. The zero-order valence-electron chi connectivity index (χ0n) is 21.2. The zero-order valence-corrected chi connectivity index (χ0v) is 22.0. The third-order valence-electron chi connectivity index (χ3n) is 6.18. The van der Waals surface area contributed by atoms with Crippen molar-refractivity contribution in [3.63, 3.8) is 0 Å². The van der Waals surface area contributed by atoms with Gasteiger partial charge in [0.25, 0.3) is 17.2 Å². The Morgan fingerprint density at radius 1 is 1.13 bits per heavy atom. The third kappa shape index (κ3) is 5.27. The average Bonchev–Trinajstić information content (AvgIpc) is 3.23. The van der Waals surface area contributed by atoms with E-state index in [0.29, 0.717) is 49.8 Å². The van der Waals surface area contributed by atoms with Crippen LogP contribution in [0.3, 0.4) is 0 Å². The molecule has 5 rings (SSSR count). The summed E-state index contributed by atoms with van der Waals surface area (Å²) in [5, 5.41) is 14.1. The minimum Gasteiger partial charge on any atom is -0.494 e. The zero-order chi connectivity index (χ0) is 27.5. The summed E-state index contributed by atoms with van der Waals surface area (Å²) in [6.45, 7) is 4.15. The Morgan fingerprint density at radius 3 is 2.56 bits per heavy atom. The number of nitrogens with one attached hydrogen (secondary N) is 1. The Balaban J connectivity index is 1.66. The van der Waals surface area contributed by atoms with Gasteiger partial charge in [-0.1, -0.05) is 53.8 Å². The van der Waals surface area contributed by atoms with E-state index < -0.39 is 11.0 Å². The molecule has 39 heavy (non-hydrogen) atoms. The van der Waals surface area contributed by atoms with Gasteiger partial charge in [0.15, 0.2) is 4.80 Å². The molecule has 196 valence electrons. The number of anilines is 1. The molecule has 9 nitrogen and oxygen atoms in total. The number of nitrogens with zero attached hydrogens (tertiary/aromatic N) is 3. The highest BCUT2D eigenvalue weighted by atomic mass is 32.1. The van der Waals surface area contributed by atoms with Crippen LogP contribution in [-0.4, -0.2) is 22.0 Å². The van der Waals surface area contributed by atoms with Crippen molar-refractivity contribution < 1.29 is 14.5 Å². The molecule has 4 aromatic rings. The van der Waals surface area contributed by atoms with Gasteiger partial charge in [0.2, 0.25) is 0 Å². The lowest BCUT2D eigenvalue weighted by molar-refractivity contribution is -0.384. The minimum absolute atomic E-state index is 0.0699. The first-order valence-corrected chi connectivity index (χ1v) is 13.0. The van der Waals surface area contributed by atoms with Gasteiger partial charge in [-0.3, -0.25) is 24.3 Å². The lowest BCUT2D eigenvalue weighted by atomic mass is 9.95. The van der Waals surface area contributed by atoms with Crippen molar-refractivity contribution in [2.45, 2.75) is 19.9 Å². The number of hydrogen-bond acceptors (Lipinski definition) is 7. The quantitative estimate of drug-likeness (QED) is 0.279. The molecule has 0 spiro atoms. The smallest absolute Gasteiger partial charge is 0.271 e. The van der Waals surface area contributed by atoms with Crippen LogP contribution >= 0.6 is 11.3 Å². The van der Waals surface area contributed by atoms with Crippen molar-refractivity contribution in [1.29, 1.82) is 0 Å². The second-order valence-corrected chi connectivity index (χ2v) is 9.77. The number of rotatable bonds is 7. The summed E-state index contributed by atoms with van der Waals surface area (Å²) in [5.41, 5.74) is 2.28. The maximum atomic E-state index is 13.8. The number of fused-ring (bicyclic) bond motifs is 1. The predicted molar refractivity (Wildman–Crippen MR) is 150 cm³/mol. The van der Waals surface area contributed by atoms with Crippen LogP contribution in [0.5, 0.6) is 5.75 Å². The van der Waals surface area contributed by atoms with Gasteiger partial charge >= 0.3 is 0 Å². The van der Waals surface area contributed by atoms with E-state index in [9.17, 15) is 19.7 Å². The van der Waals surface area contributed by atoms with Gasteiger partial charge in [-0.2, -0.15) is 0 Å². The Bertz CT molecular complexity index is 1770. The highest BCUT2D eigenvalue weighted by Gasteiger charge is 2.32. The van der Waals surface area contributed by atoms with Crippen molar-refractivity contribution in [2.75, 3.05) is 11.9 Å². The average molecular weight is 541 g/mol. The first kappa shape index (κ1) is 25.8. The van der Waals surface area contributed by atoms with Crippen LogP contribution in [0.25, 0.3) is 6.08 Å². The topological polar surface area (TPSA) is 116 Å². The van der Waals surface area contributed by atoms with Gasteiger partial charge in [-0.15, -0.1) is 0 Å². The van der Waals surface area contributed by atoms with Crippen LogP contribution in [0.4, 0.5) is 11.4 Å². The summed E-state index contributed by atoms with van der Waals surface area (Å²) in [6, 6.07) is 21.7. The fourth-order valence-corrected chi connectivity index (χ4v) is 5.49. The molecule has 0 aliphatic carbocycles. The van der Waals surface area contributed by atoms with E-state index in [1.807, 2.05) is 37.3 Å². The molecule has 0 fully saturated rings. The number of ether oxygens (including phenoxy) is 1. The number of allylic oxidation sites excluding steroid dienone is 1. The van der Waals surface area contributed by atoms with Crippen molar-refractivity contribution in [3.8, 4) is 5.75 Å². The predicted octanol–water partition coefficient (Wildman–Crippen LogP) is 4.18. The van der Waals surface area contributed by atoms with Gasteiger partial charge < -0.3 is 10.1 Å². The highest BCUT2D eigenvalue weighted by Crippen LogP contribution is 2.31. The number of benzene rings is 3. The SMILES string of the molecule is CCOc1ccc([C@H]2C(C(=O)Nc3ccccc3)=C(C)N=c3s/c(=C\c4cccc([N+](=O)[O-])c4)c(=O)n32)cc1. The largest absolute Gasteiger partial charge is 0.494 e. The second-order valence-electron chi connectivity index (χ2n) is 8.76. The fourth-order valence-electron chi connectivity index (χ4n) is 4.44. The van der Waals surface area contributed by atoms with E-state index in [2.05, 4.69) is 10.3 Å². The van der Waals surface area contributed by atoms with Gasteiger partial charge in [0.05, 0.1) is 33.4 Å². The Hall–Kier alpha value is -4.83. The summed E-state index contributed by atoms with van der Waals surface area (Å²) in [4.78, 5) is 43.2. The number of amides is 1. The van der Waals surface area contributed by atoms with Crippen LogP contribution in [0.15, 0.2) is 99.9 Å². The molecule has 1 aliphatic rings. The first-order valence-electron chi connectivity index (χ1n) is 12.2. The van der Waals surface area contributed by atoms with Gasteiger partial charge in [0, 0.05) is 17.8 Å². The summed E-state index contributed by atoms with van der Waals surface area (Å²) in [5.74, 6) is 0.310. The molecule has 0 saturated heterocycles. The third-order valence-corrected chi connectivity index (χ3v) is 7.17. The van der Waals surface area contributed by atoms with E-state index in [-0.39, 0.29) is 17.2 Å². The molecule has 2 heterocycles. The lowest BCUT2D eigenvalue weighted by Crippen LogP contribution is -2.40. The van der Waals surface area contributed by atoms with E-state index in [0.717, 1.165) is 0 Å². The number of hydrogen-bond donors (Lipinski definition) is 1. The number of carbonyl (C=O) groups is 1. The van der Waals surface area contributed by atoms with Crippen molar-refractivity contribution in [2.24, 2.45) is 4.99 Å². The first-order chi connectivity index (χ1) is 18.9. The molecule has 0 bridgehead atoms.